The molecule has 1 amide bonds. The molecule has 24 heavy (non-hydrogen) atoms. The van der Waals surface area contributed by atoms with Crippen molar-refractivity contribution in [2.75, 3.05) is 11.1 Å². The van der Waals surface area contributed by atoms with Gasteiger partial charge in [-0.1, -0.05) is 36.9 Å². The fourth-order valence-corrected chi connectivity index (χ4v) is 2.66. The number of hydrogen-bond acceptors (Lipinski definition) is 6. The molecule has 7 nitrogen and oxygen atoms in total. The van der Waals surface area contributed by atoms with Crippen LogP contribution in [0.5, 0.6) is 0 Å². The van der Waals surface area contributed by atoms with Crippen molar-refractivity contribution in [3.8, 4) is 11.5 Å². The molecular formula is C16H17N5O2S. The Bertz CT molecular complexity index is 800. The number of aryl methyl sites for hydroxylation is 1. The second-order valence-corrected chi connectivity index (χ2v) is 5.94. The highest BCUT2D eigenvalue weighted by atomic mass is 32.2. The quantitative estimate of drug-likeness (QED) is 0.664. The highest BCUT2D eigenvalue weighted by Gasteiger charge is 2.12. The second kappa shape index (κ2) is 7.78. The van der Waals surface area contributed by atoms with Gasteiger partial charge in [0.15, 0.2) is 0 Å². The Balaban J connectivity index is 1.55. The molecule has 2 heterocycles. The molecule has 0 aliphatic rings. The van der Waals surface area contributed by atoms with E-state index in [1.54, 1.807) is 16.9 Å². The van der Waals surface area contributed by atoms with Crippen molar-refractivity contribution in [3.63, 3.8) is 0 Å². The lowest BCUT2D eigenvalue weighted by atomic mass is 10.2. The highest BCUT2D eigenvalue weighted by molar-refractivity contribution is 7.99. The van der Waals surface area contributed by atoms with Gasteiger partial charge in [0.05, 0.1) is 11.9 Å². The van der Waals surface area contributed by atoms with Crippen molar-refractivity contribution in [2.24, 2.45) is 0 Å². The van der Waals surface area contributed by atoms with Crippen molar-refractivity contribution >= 4 is 23.5 Å². The largest absolute Gasteiger partial charge is 0.411 e. The molecule has 0 radical (unpaired) electrons. The molecule has 8 heteroatoms. The van der Waals surface area contributed by atoms with Gasteiger partial charge in [0.25, 0.3) is 5.22 Å². The third-order valence-electron chi connectivity index (χ3n) is 3.17. The molecule has 1 aromatic carbocycles. The summed E-state index contributed by atoms with van der Waals surface area (Å²) >= 11 is 1.20. The Labute approximate surface area is 143 Å². The van der Waals surface area contributed by atoms with Gasteiger partial charge in [0, 0.05) is 18.2 Å². The number of rotatable bonds is 7. The highest BCUT2D eigenvalue weighted by Crippen LogP contribution is 2.22. The Kier molecular flexibility index (Phi) is 5.27. The Morgan fingerprint density at radius 1 is 1.25 bits per heavy atom. The van der Waals surface area contributed by atoms with Crippen LogP contribution in [0.15, 0.2) is 52.2 Å². The van der Waals surface area contributed by atoms with Crippen LogP contribution in [-0.4, -0.2) is 31.6 Å². The summed E-state index contributed by atoms with van der Waals surface area (Å²) in [6.45, 7) is 2.82. The first-order chi connectivity index (χ1) is 11.8. The summed E-state index contributed by atoms with van der Waals surface area (Å²) in [7, 11) is 0. The van der Waals surface area contributed by atoms with Crippen LogP contribution < -0.4 is 5.32 Å². The summed E-state index contributed by atoms with van der Waals surface area (Å²) in [6, 6.07) is 11.3. The fraction of sp³-hybridized carbons (Fsp3) is 0.250. The second-order valence-electron chi connectivity index (χ2n) is 5.02. The van der Waals surface area contributed by atoms with Gasteiger partial charge in [-0.2, -0.15) is 5.10 Å². The van der Waals surface area contributed by atoms with Gasteiger partial charge in [0.1, 0.15) is 5.82 Å². The van der Waals surface area contributed by atoms with Crippen molar-refractivity contribution in [2.45, 2.75) is 25.1 Å². The van der Waals surface area contributed by atoms with E-state index in [4.69, 9.17) is 4.42 Å². The first-order valence-corrected chi connectivity index (χ1v) is 8.58. The van der Waals surface area contributed by atoms with Crippen LogP contribution in [0.25, 0.3) is 11.5 Å². The van der Waals surface area contributed by atoms with Gasteiger partial charge >= 0.3 is 0 Å². The monoisotopic (exact) mass is 343 g/mol. The summed E-state index contributed by atoms with van der Waals surface area (Å²) in [4.78, 5) is 12.1. The number of thioether (sulfide) groups is 1. The molecule has 0 fully saturated rings. The average molecular weight is 343 g/mol. The average Bonchev–Trinajstić information content (AvgIpc) is 3.24. The van der Waals surface area contributed by atoms with Gasteiger partial charge in [-0.3, -0.25) is 4.79 Å². The molecule has 0 aliphatic carbocycles. The van der Waals surface area contributed by atoms with Crippen LogP contribution in [0.1, 0.15) is 13.3 Å². The van der Waals surface area contributed by atoms with Crippen molar-refractivity contribution in [1.29, 1.82) is 0 Å². The predicted octanol–water partition coefficient (Wildman–Crippen LogP) is 3.07. The number of aromatic nitrogens is 4. The normalized spacial score (nSPS) is 10.7. The standard InChI is InChI=1S/C16H17N5O2S/c1-2-10-21-13(8-9-17-21)18-14(22)11-24-16-20-19-15(23-16)12-6-4-3-5-7-12/h3-9H,2,10-11H2,1H3,(H,18,22). The van der Waals surface area contributed by atoms with Crippen molar-refractivity contribution < 1.29 is 9.21 Å². The zero-order valence-electron chi connectivity index (χ0n) is 13.2. The van der Waals surface area contributed by atoms with Gasteiger partial charge in [-0.05, 0) is 18.6 Å². The molecule has 124 valence electrons. The summed E-state index contributed by atoms with van der Waals surface area (Å²) < 4.78 is 7.33. The molecule has 0 unspecified atom stereocenters. The zero-order valence-corrected chi connectivity index (χ0v) is 14.0. The maximum Gasteiger partial charge on any atom is 0.277 e. The van der Waals surface area contributed by atoms with E-state index in [2.05, 4.69) is 27.5 Å². The summed E-state index contributed by atoms with van der Waals surface area (Å²) in [5.41, 5.74) is 0.852. The molecule has 3 rings (SSSR count). The molecule has 0 atom stereocenters. The third-order valence-corrected chi connectivity index (χ3v) is 3.99. The molecular weight excluding hydrogens is 326 g/mol. The van der Waals surface area contributed by atoms with Crippen LogP contribution in [-0.2, 0) is 11.3 Å². The molecule has 1 N–H and O–H groups in total. The van der Waals surface area contributed by atoms with Crippen molar-refractivity contribution in [1.82, 2.24) is 20.0 Å². The Hall–Kier alpha value is -2.61. The number of hydrogen-bond donors (Lipinski definition) is 1. The molecule has 0 saturated heterocycles. The number of nitrogens with zero attached hydrogens (tertiary/aromatic N) is 4. The first-order valence-electron chi connectivity index (χ1n) is 7.59. The number of nitrogens with one attached hydrogen (secondary N) is 1. The number of anilines is 1. The van der Waals surface area contributed by atoms with Gasteiger partial charge in [-0.15, -0.1) is 10.2 Å². The molecule has 0 bridgehead atoms. The van der Waals surface area contributed by atoms with Gasteiger partial charge < -0.3 is 9.73 Å². The summed E-state index contributed by atoms with van der Waals surface area (Å²) in [6.07, 6.45) is 2.62. The number of benzene rings is 1. The first kappa shape index (κ1) is 16.3. The van der Waals surface area contributed by atoms with Crippen LogP contribution in [0.3, 0.4) is 0 Å². The Morgan fingerprint density at radius 2 is 2.08 bits per heavy atom. The summed E-state index contributed by atoms with van der Waals surface area (Å²) in [5.74, 6) is 1.18. The van der Waals surface area contributed by atoms with Gasteiger partial charge in [0.2, 0.25) is 11.8 Å². The molecule has 2 aromatic heterocycles. The lowest BCUT2D eigenvalue weighted by Gasteiger charge is -2.06. The maximum absolute atomic E-state index is 12.1. The van der Waals surface area contributed by atoms with E-state index in [1.165, 1.54) is 11.8 Å². The minimum Gasteiger partial charge on any atom is -0.411 e. The topological polar surface area (TPSA) is 85.8 Å². The van der Waals surface area contributed by atoms with E-state index in [0.29, 0.717) is 16.9 Å². The van der Waals surface area contributed by atoms with E-state index in [0.717, 1.165) is 18.5 Å². The van der Waals surface area contributed by atoms with Crippen molar-refractivity contribution in [3.05, 3.63) is 42.6 Å². The lowest BCUT2D eigenvalue weighted by molar-refractivity contribution is -0.113. The van der Waals surface area contributed by atoms with Crippen LogP contribution in [0.4, 0.5) is 5.82 Å². The van der Waals surface area contributed by atoms with E-state index >= 15 is 0 Å². The van der Waals surface area contributed by atoms with Gasteiger partial charge in [-0.25, -0.2) is 4.68 Å². The smallest absolute Gasteiger partial charge is 0.277 e. The lowest BCUT2D eigenvalue weighted by Crippen LogP contribution is -2.17. The van der Waals surface area contributed by atoms with E-state index in [9.17, 15) is 4.79 Å². The van der Waals surface area contributed by atoms with Crippen LogP contribution in [0.2, 0.25) is 0 Å². The molecule has 0 spiro atoms. The minimum atomic E-state index is -0.141. The Morgan fingerprint density at radius 3 is 2.88 bits per heavy atom. The molecule has 3 aromatic rings. The van der Waals surface area contributed by atoms with E-state index < -0.39 is 0 Å². The van der Waals surface area contributed by atoms with Crippen LogP contribution in [0, 0.1) is 0 Å². The number of carbonyl (C=O) groups is 1. The van der Waals surface area contributed by atoms with E-state index in [1.807, 2.05) is 30.3 Å². The fourth-order valence-electron chi connectivity index (χ4n) is 2.10. The zero-order chi connectivity index (χ0) is 16.8. The molecule has 0 aliphatic heterocycles. The number of carbonyl (C=O) groups excluding carboxylic acids is 1. The minimum absolute atomic E-state index is 0.141. The third kappa shape index (κ3) is 4.02. The number of amides is 1. The maximum atomic E-state index is 12.1. The predicted molar refractivity (Wildman–Crippen MR) is 91.6 cm³/mol. The SMILES string of the molecule is CCCn1nccc1NC(=O)CSc1nnc(-c2ccccc2)o1. The summed E-state index contributed by atoms with van der Waals surface area (Å²) in [5, 5.41) is 15.3. The molecule has 0 saturated carbocycles. The van der Waals surface area contributed by atoms with E-state index in [-0.39, 0.29) is 11.7 Å². The van der Waals surface area contributed by atoms with Crippen LogP contribution >= 0.6 is 11.8 Å².